The van der Waals surface area contributed by atoms with Gasteiger partial charge in [-0.15, -0.1) is 0 Å². The quantitative estimate of drug-likeness (QED) is 0.777. The maximum Gasteiger partial charge on any atom is 0.303 e. The summed E-state index contributed by atoms with van der Waals surface area (Å²) in [5, 5.41) is 18.7. The normalized spacial score (nSPS) is 15.1. The summed E-state index contributed by atoms with van der Waals surface area (Å²) >= 11 is 3.24. The Kier molecular flexibility index (Phi) is 4.16. The highest BCUT2D eigenvalue weighted by atomic mass is 79.9. The molecule has 0 spiro atoms. The number of carbonyl (C=O) groups is 1. The second-order valence-corrected chi connectivity index (χ2v) is 4.98. The van der Waals surface area contributed by atoms with E-state index < -0.39 is 12.0 Å². The average Bonchev–Trinajstić information content (AvgIpc) is 2.40. The molecule has 1 aliphatic heterocycles. The maximum atomic E-state index is 10.5. The van der Waals surface area contributed by atoms with Crippen molar-refractivity contribution in [1.82, 2.24) is 0 Å². The number of rotatable bonds is 4. The monoisotopic (exact) mass is 331 g/mol. The van der Waals surface area contributed by atoms with Crippen LogP contribution in [-0.4, -0.2) is 29.4 Å². The third-order valence-electron chi connectivity index (χ3n) is 2.85. The number of ether oxygens (including phenoxy) is 2. The van der Waals surface area contributed by atoms with Gasteiger partial charge in [0.15, 0.2) is 11.5 Å². The van der Waals surface area contributed by atoms with Gasteiger partial charge in [0.05, 0.1) is 0 Å². The summed E-state index contributed by atoms with van der Waals surface area (Å²) in [6, 6.07) is 1.02. The van der Waals surface area contributed by atoms with Gasteiger partial charge in [-0.05, 0) is 28.4 Å². The first-order valence-electron chi connectivity index (χ1n) is 5.79. The van der Waals surface area contributed by atoms with Crippen LogP contribution in [0.4, 0.5) is 0 Å². The lowest BCUT2D eigenvalue weighted by Gasteiger charge is -2.23. The Morgan fingerprint density at radius 2 is 2.16 bits per heavy atom. The van der Waals surface area contributed by atoms with Crippen LogP contribution in [0.25, 0.3) is 0 Å². The number of hydrogen-bond acceptors (Lipinski definition) is 5. The minimum Gasteiger partial charge on any atom is -0.506 e. The number of phenols is 1. The molecule has 0 saturated heterocycles. The first kappa shape index (κ1) is 14.0. The van der Waals surface area contributed by atoms with Crippen LogP contribution in [-0.2, 0) is 4.79 Å². The number of halogens is 1. The van der Waals surface area contributed by atoms with Crippen molar-refractivity contribution in [3.05, 3.63) is 16.1 Å². The molecule has 1 aliphatic rings. The summed E-state index contributed by atoms with van der Waals surface area (Å²) in [7, 11) is 0. The number of hydrogen-bond donors (Lipinski definition) is 3. The lowest BCUT2D eigenvalue weighted by Crippen LogP contribution is -2.18. The SMILES string of the molecule is NC(CCC(=O)O)c1cc2c(c(Br)c1O)OCCO2. The molecule has 0 radical (unpaired) electrons. The fourth-order valence-corrected chi connectivity index (χ4v) is 2.41. The van der Waals surface area contributed by atoms with Crippen LogP contribution in [0.3, 0.4) is 0 Å². The number of fused-ring (bicyclic) bond motifs is 1. The molecule has 1 aromatic carbocycles. The van der Waals surface area contributed by atoms with Crippen molar-refractivity contribution < 1.29 is 24.5 Å². The van der Waals surface area contributed by atoms with E-state index in [0.29, 0.717) is 34.7 Å². The Hall–Kier alpha value is -1.47. The third-order valence-corrected chi connectivity index (χ3v) is 3.58. The van der Waals surface area contributed by atoms with E-state index in [2.05, 4.69) is 15.9 Å². The van der Waals surface area contributed by atoms with E-state index in [1.165, 1.54) is 0 Å². The summed E-state index contributed by atoms with van der Waals surface area (Å²) in [6.45, 7) is 0.837. The molecule has 4 N–H and O–H groups in total. The van der Waals surface area contributed by atoms with E-state index in [1.807, 2.05) is 0 Å². The molecule has 0 fully saturated rings. The minimum absolute atomic E-state index is 0.0397. The van der Waals surface area contributed by atoms with Gasteiger partial charge in [-0.3, -0.25) is 4.79 Å². The molecule has 0 amide bonds. The maximum absolute atomic E-state index is 10.5. The van der Waals surface area contributed by atoms with Crippen molar-refractivity contribution in [2.45, 2.75) is 18.9 Å². The molecule has 1 unspecified atom stereocenters. The second kappa shape index (κ2) is 5.66. The highest BCUT2D eigenvalue weighted by Crippen LogP contribution is 2.46. The number of benzene rings is 1. The van der Waals surface area contributed by atoms with Crippen LogP contribution in [0.15, 0.2) is 10.5 Å². The Balaban J connectivity index is 2.30. The number of phenolic OH excluding ortho intramolecular Hbond substituents is 1. The molecule has 6 nitrogen and oxygen atoms in total. The van der Waals surface area contributed by atoms with Gasteiger partial charge in [-0.1, -0.05) is 0 Å². The minimum atomic E-state index is -0.924. The number of aromatic hydroxyl groups is 1. The molecule has 1 atom stereocenters. The molecule has 19 heavy (non-hydrogen) atoms. The van der Waals surface area contributed by atoms with Gasteiger partial charge in [0.25, 0.3) is 0 Å². The van der Waals surface area contributed by atoms with Gasteiger partial charge in [0.2, 0.25) is 0 Å². The van der Waals surface area contributed by atoms with E-state index in [-0.39, 0.29) is 18.6 Å². The second-order valence-electron chi connectivity index (χ2n) is 4.19. The topological polar surface area (TPSA) is 102 Å². The molecular weight excluding hydrogens is 318 g/mol. The molecule has 1 aromatic rings. The van der Waals surface area contributed by atoms with Crippen LogP contribution in [0.1, 0.15) is 24.4 Å². The van der Waals surface area contributed by atoms with Gasteiger partial charge >= 0.3 is 5.97 Å². The number of nitrogens with two attached hydrogens (primary N) is 1. The smallest absolute Gasteiger partial charge is 0.303 e. The first-order chi connectivity index (χ1) is 9.00. The van der Waals surface area contributed by atoms with E-state index in [9.17, 15) is 9.90 Å². The standard InChI is InChI=1S/C12H14BrNO5/c13-10-11(17)6(7(14)1-2-9(15)16)5-8-12(10)19-4-3-18-8/h5,7,17H,1-4,14H2,(H,15,16). The van der Waals surface area contributed by atoms with E-state index >= 15 is 0 Å². The van der Waals surface area contributed by atoms with Crippen LogP contribution in [0.2, 0.25) is 0 Å². The molecule has 2 rings (SSSR count). The highest BCUT2D eigenvalue weighted by molar-refractivity contribution is 9.10. The number of aliphatic carboxylic acids is 1. The lowest BCUT2D eigenvalue weighted by molar-refractivity contribution is -0.137. The van der Waals surface area contributed by atoms with Crippen molar-refractivity contribution in [1.29, 1.82) is 0 Å². The third kappa shape index (κ3) is 2.93. The van der Waals surface area contributed by atoms with Gasteiger partial charge in [0, 0.05) is 18.0 Å². The molecule has 0 bridgehead atoms. The highest BCUT2D eigenvalue weighted by Gasteiger charge is 2.24. The molecule has 0 aliphatic carbocycles. The fourth-order valence-electron chi connectivity index (χ4n) is 1.87. The van der Waals surface area contributed by atoms with Crippen LogP contribution >= 0.6 is 15.9 Å². The molecule has 1 heterocycles. The van der Waals surface area contributed by atoms with Crippen molar-refractivity contribution in [2.75, 3.05) is 13.2 Å². The number of carboxylic acid groups (broad SMARTS) is 1. The summed E-state index contributed by atoms with van der Waals surface area (Å²) in [6.07, 6.45) is 0.168. The summed E-state index contributed by atoms with van der Waals surface area (Å²) in [5.41, 5.74) is 6.35. The van der Waals surface area contributed by atoms with Gasteiger partial charge in [-0.25, -0.2) is 0 Å². The van der Waals surface area contributed by atoms with E-state index in [4.69, 9.17) is 20.3 Å². The van der Waals surface area contributed by atoms with Crippen LogP contribution in [0, 0.1) is 0 Å². The molecule has 0 saturated carbocycles. The lowest BCUT2D eigenvalue weighted by atomic mass is 10.0. The zero-order chi connectivity index (χ0) is 14.0. The molecular formula is C12H14BrNO5. The Bertz CT molecular complexity index is 505. The van der Waals surface area contributed by atoms with Crippen LogP contribution in [0.5, 0.6) is 17.2 Å². The van der Waals surface area contributed by atoms with Gasteiger partial charge in [0.1, 0.15) is 23.4 Å². The number of carboxylic acids is 1. The Labute approximate surface area is 118 Å². The van der Waals surface area contributed by atoms with Crippen molar-refractivity contribution in [3.63, 3.8) is 0 Å². The fraction of sp³-hybridized carbons (Fsp3) is 0.417. The molecule has 0 aromatic heterocycles. The Morgan fingerprint density at radius 3 is 2.84 bits per heavy atom. The largest absolute Gasteiger partial charge is 0.506 e. The van der Waals surface area contributed by atoms with Crippen molar-refractivity contribution >= 4 is 21.9 Å². The summed E-state index contributed by atoms with van der Waals surface area (Å²) in [4.78, 5) is 10.5. The zero-order valence-corrected chi connectivity index (χ0v) is 11.6. The predicted octanol–water partition coefficient (Wildman–Crippen LogP) is 1.79. The van der Waals surface area contributed by atoms with E-state index in [0.717, 1.165) is 0 Å². The van der Waals surface area contributed by atoms with Crippen molar-refractivity contribution in [3.8, 4) is 17.2 Å². The van der Waals surface area contributed by atoms with E-state index in [1.54, 1.807) is 6.07 Å². The predicted molar refractivity (Wildman–Crippen MR) is 70.6 cm³/mol. The van der Waals surface area contributed by atoms with Crippen molar-refractivity contribution in [2.24, 2.45) is 5.73 Å². The van der Waals surface area contributed by atoms with Gasteiger partial charge in [-0.2, -0.15) is 0 Å². The summed E-state index contributed by atoms with van der Waals surface area (Å²) in [5.74, 6) is -0.0247. The average molecular weight is 332 g/mol. The summed E-state index contributed by atoms with van der Waals surface area (Å²) < 4.78 is 11.2. The molecule has 7 heteroatoms. The first-order valence-corrected chi connectivity index (χ1v) is 6.58. The Morgan fingerprint density at radius 1 is 1.47 bits per heavy atom. The molecule has 104 valence electrons. The van der Waals surface area contributed by atoms with Gasteiger partial charge < -0.3 is 25.4 Å². The zero-order valence-electron chi connectivity index (χ0n) is 10.1. The van der Waals surface area contributed by atoms with Crippen LogP contribution < -0.4 is 15.2 Å².